The standard InChI is InChI=1S/C22H25NO5S/c1-5-15-12-14(6-8-17(15)20(24)25)10-11-29-16-7-9-19-18(13-16)22(27-3,28-4)21(26)23(19)2/h6-9,12-13H,5,10-11H2,1-4H3,(H,24,25). The molecule has 2 aromatic carbocycles. The topological polar surface area (TPSA) is 76.1 Å². The molecule has 2 aromatic rings. The fourth-order valence-electron chi connectivity index (χ4n) is 3.67. The number of fused-ring (bicyclic) bond motifs is 1. The number of carbonyl (C=O) groups excluding carboxylic acids is 1. The number of likely N-dealkylation sites (N-methyl/N-ethyl adjacent to an activating group) is 1. The summed E-state index contributed by atoms with van der Waals surface area (Å²) in [6.07, 6.45) is 1.50. The third-order valence-electron chi connectivity index (χ3n) is 5.29. The molecule has 6 nitrogen and oxygen atoms in total. The number of amides is 1. The van der Waals surface area contributed by atoms with Crippen LogP contribution in [0.2, 0.25) is 0 Å². The van der Waals surface area contributed by atoms with Crippen molar-refractivity contribution in [3.8, 4) is 0 Å². The van der Waals surface area contributed by atoms with Gasteiger partial charge in [-0.3, -0.25) is 4.79 Å². The zero-order chi connectivity index (χ0) is 21.2. The Hall–Kier alpha value is -2.35. The number of carboxylic acid groups (broad SMARTS) is 1. The molecule has 154 valence electrons. The molecule has 0 spiro atoms. The molecular weight excluding hydrogens is 390 g/mol. The van der Waals surface area contributed by atoms with Crippen molar-refractivity contribution in [3.05, 3.63) is 58.7 Å². The number of ether oxygens (including phenoxy) is 2. The minimum atomic E-state index is -1.40. The molecule has 0 atom stereocenters. The maximum atomic E-state index is 12.6. The molecule has 0 aromatic heterocycles. The van der Waals surface area contributed by atoms with Gasteiger partial charge < -0.3 is 19.5 Å². The van der Waals surface area contributed by atoms with Crippen LogP contribution in [-0.2, 0) is 32.9 Å². The van der Waals surface area contributed by atoms with Crippen molar-refractivity contribution in [2.24, 2.45) is 0 Å². The van der Waals surface area contributed by atoms with Crippen LogP contribution >= 0.6 is 11.8 Å². The lowest BCUT2D eigenvalue weighted by molar-refractivity contribution is -0.209. The van der Waals surface area contributed by atoms with Gasteiger partial charge >= 0.3 is 5.97 Å². The number of benzene rings is 2. The molecule has 3 rings (SSSR count). The molecule has 1 amide bonds. The minimum absolute atomic E-state index is 0.245. The summed E-state index contributed by atoms with van der Waals surface area (Å²) in [6.45, 7) is 1.96. The minimum Gasteiger partial charge on any atom is -0.478 e. The molecule has 1 heterocycles. The van der Waals surface area contributed by atoms with E-state index in [0.717, 1.165) is 33.9 Å². The molecule has 0 fully saturated rings. The van der Waals surface area contributed by atoms with E-state index in [-0.39, 0.29) is 5.91 Å². The average molecular weight is 416 g/mol. The highest BCUT2D eigenvalue weighted by Crippen LogP contribution is 2.43. The summed E-state index contributed by atoms with van der Waals surface area (Å²) in [5, 5.41) is 9.26. The van der Waals surface area contributed by atoms with E-state index in [1.165, 1.54) is 14.2 Å². The summed E-state index contributed by atoms with van der Waals surface area (Å²) in [5.74, 6) is -1.71. The van der Waals surface area contributed by atoms with E-state index >= 15 is 0 Å². The number of hydrogen-bond acceptors (Lipinski definition) is 5. The SMILES string of the molecule is CCc1cc(CCSc2ccc3c(c2)C(OC)(OC)C(=O)N3C)ccc1C(=O)O. The third kappa shape index (κ3) is 3.77. The van der Waals surface area contributed by atoms with Crippen molar-refractivity contribution >= 4 is 29.3 Å². The molecule has 29 heavy (non-hydrogen) atoms. The Kier molecular flexibility index (Phi) is 6.31. The summed E-state index contributed by atoms with van der Waals surface area (Å²) < 4.78 is 10.9. The number of aryl methyl sites for hydroxylation is 2. The quantitative estimate of drug-likeness (QED) is 0.523. The second-order valence-electron chi connectivity index (χ2n) is 6.82. The van der Waals surface area contributed by atoms with E-state index in [0.29, 0.717) is 17.5 Å². The van der Waals surface area contributed by atoms with Gasteiger partial charge in [-0.1, -0.05) is 19.1 Å². The fourth-order valence-corrected chi connectivity index (χ4v) is 4.61. The van der Waals surface area contributed by atoms with E-state index in [1.54, 1.807) is 29.8 Å². The monoisotopic (exact) mass is 415 g/mol. The van der Waals surface area contributed by atoms with E-state index < -0.39 is 11.8 Å². The Morgan fingerprint density at radius 3 is 2.52 bits per heavy atom. The maximum Gasteiger partial charge on any atom is 0.335 e. The van der Waals surface area contributed by atoms with Gasteiger partial charge in [-0.25, -0.2) is 4.79 Å². The molecule has 0 aliphatic carbocycles. The summed E-state index contributed by atoms with van der Waals surface area (Å²) in [6, 6.07) is 11.4. The highest BCUT2D eigenvalue weighted by Gasteiger charge is 2.51. The van der Waals surface area contributed by atoms with Crippen molar-refractivity contribution in [2.45, 2.75) is 30.4 Å². The molecular formula is C22H25NO5S. The van der Waals surface area contributed by atoms with Crippen LogP contribution in [0.3, 0.4) is 0 Å². The highest BCUT2D eigenvalue weighted by molar-refractivity contribution is 7.99. The van der Waals surface area contributed by atoms with E-state index in [9.17, 15) is 14.7 Å². The van der Waals surface area contributed by atoms with Crippen molar-refractivity contribution in [2.75, 3.05) is 31.9 Å². The normalized spacial score (nSPS) is 14.9. The number of anilines is 1. The Morgan fingerprint density at radius 2 is 1.90 bits per heavy atom. The van der Waals surface area contributed by atoms with Gasteiger partial charge in [-0.15, -0.1) is 11.8 Å². The van der Waals surface area contributed by atoms with Crippen LogP contribution in [0.1, 0.15) is 34.0 Å². The molecule has 1 aliphatic heterocycles. The van der Waals surface area contributed by atoms with Gasteiger partial charge in [0.2, 0.25) is 0 Å². The van der Waals surface area contributed by atoms with Gasteiger partial charge in [0.15, 0.2) is 0 Å². The van der Waals surface area contributed by atoms with E-state index in [4.69, 9.17) is 9.47 Å². The second kappa shape index (κ2) is 8.57. The lowest BCUT2D eigenvalue weighted by Crippen LogP contribution is -2.41. The molecule has 0 saturated heterocycles. The number of carboxylic acids is 1. The van der Waals surface area contributed by atoms with Gasteiger partial charge in [-0.2, -0.15) is 0 Å². The predicted molar refractivity (Wildman–Crippen MR) is 113 cm³/mol. The van der Waals surface area contributed by atoms with E-state index in [1.807, 2.05) is 37.3 Å². The molecule has 0 saturated carbocycles. The van der Waals surface area contributed by atoms with Crippen LogP contribution in [0, 0.1) is 0 Å². The lowest BCUT2D eigenvalue weighted by atomic mass is 10.0. The lowest BCUT2D eigenvalue weighted by Gasteiger charge is -2.24. The van der Waals surface area contributed by atoms with Crippen LogP contribution < -0.4 is 4.90 Å². The summed E-state index contributed by atoms with van der Waals surface area (Å²) in [7, 11) is 4.65. The average Bonchev–Trinajstić information content (AvgIpc) is 2.94. The smallest absolute Gasteiger partial charge is 0.335 e. The molecule has 0 radical (unpaired) electrons. The zero-order valence-corrected chi connectivity index (χ0v) is 17.8. The van der Waals surface area contributed by atoms with Crippen molar-refractivity contribution in [1.82, 2.24) is 0 Å². The van der Waals surface area contributed by atoms with Crippen LogP contribution in [0.5, 0.6) is 0 Å². The summed E-state index contributed by atoms with van der Waals surface area (Å²) in [4.78, 5) is 26.5. The first-order valence-electron chi connectivity index (χ1n) is 9.38. The van der Waals surface area contributed by atoms with Gasteiger partial charge in [0, 0.05) is 37.5 Å². The largest absolute Gasteiger partial charge is 0.478 e. The van der Waals surface area contributed by atoms with Gasteiger partial charge in [0.25, 0.3) is 11.7 Å². The zero-order valence-electron chi connectivity index (χ0n) is 17.0. The summed E-state index contributed by atoms with van der Waals surface area (Å²) >= 11 is 1.67. The number of aromatic carboxylic acids is 1. The first-order valence-corrected chi connectivity index (χ1v) is 10.4. The Balaban J connectivity index is 1.74. The Morgan fingerprint density at radius 1 is 1.17 bits per heavy atom. The maximum absolute atomic E-state index is 12.6. The van der Waals surface area contributed by atoms with Crippen LogP contribution in [0.4, 0.5) is 5.69 Å². The molecule has 7 heteroatoms. The fraction of sp³-hybridized carbons (Fsp3) is 0.364. The highest BCUT2D eigenvalue weighted by atomic mass is 32.2. The van der Waals surface area contributed by atoms with Gasteiger partial charge in [0.05, 0.1) is 11.3 Å². The van der Waals surface area contributed by atoms with Crippen molar-refractivity contribution in [1.29, 1.82) is 0 Å². The summed E-state index contributed by atoms with van der Waals surface area (Å²) in [5.41, 5.74) is 3.81. The Bertz CT molecular complexity index is 939. The van der Waals surface area contributed by atoms with Crippen LogP contribution in [0.15, 0.2) is 41.3 Å². The molecule has 0 bridgehead atoms. The number of methoxy groups -OCH3 is 2. The van der Waals surface area contributed by atoms with Gasteiger partial charge in [-0.05, 0) is 48.2 Å². The Labute approximate surface area is 174 Å². The van der Waals surface area contributed by atoms with Gasteiger partial charge in [0.1, 0.15) is 0 Å². The molecule has 0 unspecified atom stereocenters. The van der Waals surface area contributed by atoms with E-state index in [2.05, 4.69) is 0 Å². The second-order valence-corrected chi connectivity index (χ2v) is 7.98. The molecule has 1 N–H and O–H groups in total. The predicted octanol–water partition coefficient (Wildman–Crippen LogP) is 3.70. The molecule has 1 aliphatic rings. The number of rotatable bonds is 8. The third-order valence-corrected chi connectivity index (χ3v) is 6.28. The van der Waals surface area contributed by atoms with Crippen LogP contribution in [0.25, 0.3) is 0 Å². The number of nitrogens with zero attached hydrogens (tertiary/aromatic N) is 1. The first-order chi connectivity index (χ1) is 13.9. The number of hydrogen-bond donors (Lipinski definition) is 1. The van der Waals surface area contributed by atoms with Crippen molar-refractivity contribution in [3.63, 3.8) is 0 Å². The number of thioether (sulfide) groups is 1. The number of carbonyl (C=O) groups is 2. The van der Waals surface area contributed by atoms with Crippen LogP contribution in [-0.4, -0.2) is 44.0 Å². The van der Waals surface area contributed by atoms with Crippen molar-refractivity contribution < 1.29 is 24.2 Å². The first kappa shape index (κ1) is 21.4.